The van der Waals surface area contributed by atoms with Crippen molar-refractivity contribution in [2.24, 2.45) is 0 Å². The molecule has 2 unspecified atom stereocenters. The van der Waals surface area contributed by atoms with Crippen molar-refractivity contribution in [3.05, 3.63) is 60.2 Å². The minimum absolute atomic E-state index is 0.0132. The molecule has 0 bridgehead atoms. The van der Waals surface area contributed by atoms with Crippen LogP contribution in [0.15, 0.2) is 48.8 Å². The van der Waals surface area contributed by atoms with Gasteiger partial charge in [0.2, 0.25) is 0 Å². The predicted molar refractivity (Wildman–Crippen MR) is 86.3 cm³/mol. The number of rotatable bonds is 7. The number of allylic oxidation sites excluding steroid dienone is 2. The number of hydrogen-bond donors (Lipinski definition) is 1. The molecule has 0 aliphatic carbocycles. The summed E-state index contributed by atoms with van der Waals surface area (Å²) in [6.07, 6.45) is 6.24. The number of ether oxygens (including phenoxy) is 1. The number of esters is 1. The van der Waals surface area contributed by atoms with E-state index >= 15 is 0 Å². The van der Waals surface area contributed by atoms with E-state index in [2.05, 4.69) is 0 Å². The van der Waals surface area contributed by atoms with Crippen LogP contribution in [-0.2, 0) is 20.7 Å². The topological polar surface area (TPSA) is 66.8 Å². The van der Waals surface area contributed by atoms with Gasteiger partial charge in [-0.2, -0.15) is 0 Å². The lowest BCUT2D eigenvalue weighted by Gasteiger charge is -2.41. The third-order valence-corrected chi connectivity index (χ3v) is 3.90. The fraction of sp³-hybridized carbons (Fsp3) is 0.333. The number of nitrogens with zero attached hydrogens (tertiary/aromatic N) is 1. The molecule has 128 valence electrons. The molecule has 0 amide bonds. The standard InChI is InChI=1S/C18H20FNO4/c1-2-24-17(23)18(16(22)13-21,20-10-4-3-5-11-20)12-14-6-8-15(19)9-7-14/h4-11,13,16,22H,2-3,12H2,1H3. The van der Waals surface area contributed by atoms with Crippen LogP contribution in [0.4, 0.5) is 4.39 Å². The van der Waals surface area contributed by atoms with Gasteiger partial charge < -0.3 is 19.5 Å². The molecule has 0 spiro atoms. The number of halogens is 1. The van der Waals surface area contributed by atoms with Crippen LogP contribution in [0.3, 0.4) is 0 Å². The maximum atomic E-state index is 13.1. The Kier molecular flexibility index (Phi) is 5.87. The average Bonchev–Trinajstić information content (AvgIpc) is 2.61. The van der Waals surface area contributed by atoms with Crippen LogP contribution in [0.25, 0.3) is 0 Å². The first-order chi connectivity index (χ1) is 11.5. The van der Waals surface area contributed by atoms with Gasteiger partial charge in [0.05, 0.1) is 6.61 Å². The Labute approximate surface area is 140 Å². The Morgan fingerprint density at radius 3 is 2.54 bits per heavy atom. The molecule has 1 aliphatic heterocycles. The van der Waals surface area contributed by atoms with E-state index in [0.29, 0.717) is 18.3 Å². The van der Waals surface area contributed by atoms with E-state index in [0.717, 1.165) is 0 Å². The van der Waals surface area contributed by atoms with E-state index in [1.54, 1.807) is 31.5 Å². The molecule has 0 fully saturated rings. The quantitative estimate of drug-likeness (QED) is 0.610. The van der Waals surface area contributed by atoms with E-state index in [4.69, 9.17) is 4.74 Å². The highest BCUT2D eigenvalue weighted by atomic mass is 19.1. The van der Waals surface area contributed by atoms with Crippen LogP contribution in [-0.4, -0.2) is 40.5 Å². The molecule has 24 heavy (non-hydrogen) atoms. The van der Waals surface area contributed by atoms with Crippen molar-refractivity contribution >= 4 is 12.3 Å². The molecular formula is C18H20FNO4. The van der Waals surface area contributed by atoms with Crippen molar-refractivity contribution in [3.8, 4) is 0 Å². The van der Waals surface area contributed by atoms with Crippen LogP contribution >= 0.6 is 0 Å². The second kappa shape index (κ2) is 7.88. The SMILES string of the molecule is CCOC(=O)C(Cc1ccc(F)cc1)(C(O)C=O)N1C=CCC=C1. The summed E-state index contributed by atoms with van der Waals surface area (Å²) in [5, 5.41) is 10.4. The molecule has 0 aromatic heterocycles. The van der Waals surface area contributed by atoms with Crippen molar-refractivity contribution in [1.82, 2.24) is 4.90 Å². The van der Waals surface area contributed by atoms with Crippen LogP contribution in [0.1, 0.15) is 18.9 Å². The summed E-state index contributed by atoms with van der Waals surface area (Å²) in [6, 6.07) is 5.55. The van der Waals surface area contributed by atoms with E-state index < -0.39 is 23.4 Å². The monoisotopic (exact) mass is 333 g/mol. The van der Waals surface area contributed by atoms with Gasteiger partial charge in [0.1, 0.15) is 11.9 Å². The first-order valence-corrected chi connectivity index (χ1v) is 7.71. The van der Waals surface area contributed by atoms with E-state index in [1.165, 1.54) is 29.2 Å². The van der Waals surface area contributed by atoms with Crippen molar-refractivity contribution in [3.63, 3.8) is 0 Å². The number of benzene rings is 1. The van der Waals surface area contributed by atoms with Gasteiger partial charge in [-0.3, -0.25) is 0 Å². The number of hydrogen-bond acceptors (Lipinski definition) is 5. The smallest absolute Gasteiger partial charge is 0.335 e. The second-order valence-electron chi connectivity index (χ2n) is 5.44. The lowest BCUT2D eigenvalue weighted by Crippen LogP contribution is -2.61. The Balaban J connectivity index is 2.50. The minimum Gasteiger partial charge on any atom is -0.464 e. The Morgan fingerprint density at radius 2 is 2.00 bits per heavy atom. The van der Waals surface area contributed by atoms with Crippen molar-refractivity contribution in [1.29, 1.82) is 0 Å². The van der Waals surface area contributed by atoms with Gasteiger partial charge in [-0.1, -0.05) is 24.3 Å². The van der Waals surface area contributed by atoms with Gasteiger partial charge >= 0.3 is 5.97 Å². The maximum absolute atomic E-state index is 13.1. The van der Waals surface area contributed by atoms with Crippen LogP contribution in [0.2, 0.25) is 0 Å². The summed E-state index contributed by atoms with van der Waals surface area (Å²) in [7, 11) is 0. The lowest BCUT2D eigenvalue weighted by atomic mass is 9.83. The van der Waals surface area contributed by atoms with Gasteiger partial charge in [0.25, 0.3) is 0 Å². The maximum Gasteiger partial charge on any atom is 0.335 e. The third kappa shape index (κ3) is 3.54. The number of aldehydes is 1. The van der Waals surface area contributed by atoms with Crippen LogP contribution < -0.4 is 0 Å². The molecule has 5 nitrogen and oxygen atoms in total. The third-order valence-electron chi connectivity index (χ3n) is 3.90. The summed E-state index contributed by atoms with van der Waals surface area (Å²) in [6.45, 7) is 1.76. The van der Waals surface area contributed by atoms with Gasteiger partial charge in [-0.15, -0.1) is 0 Å². The number of carbonyl (C=O) groups is 2. The molecule has 0 saturated carbocycles. The van der Waals surface area contributed by atoms with Crippen molar-refractivity contribution in [2.45, 2.75) is 31.4 Å². The van der Waals surface area contributed by atoms with Gasteiger partial charge in [0.15, 0.2) is 11.8 Å². The summed E-state index contributed by atoms with van der Waals surface area (Å²) in [5.41, 5.74) is -1.05. The fourth-order valence-corrected chi connectivity index (χ4v) is 2.67. The Hall–Kier alpha value is -2.47. The highest BCUT2D eigenvalue weighted by Crippen LogP contribution is 2.29. The van der Waals surface area contributed by atoms with Crippen LogP contribution in [0.5, 0.6) is 0 Å². The average molecular weight is 333 g/mol. The van der Waals surface area contributed by atoms with Gasteiger partial charge in [-0.25, -0.2) is 9.18 Å². The normalized spacial score (nSPS) is 17.2. The highest BCUT2D eigenvalue weighted by molar-refractivity contribution is 5.87. The van der Waals surface area contributed by atoms with E-state index in [9.17, 15) is 19.1 Å². The van der Waals surface area contributed by atoms with Gasteiger partial charge in [-0.05, 0) is 31.0 Å². The van der Waals surface area contributed by atoms with E-state index in [1.807, 2.05) is 0 Å². The zero-order valence-corrected chi connectivity index (χ0v) is 13.4. The van der Waals surface area contributed by atoms with E-state index in [-0.39, 0.29) is 13.0 Å². The Morgan fingerprint density at radius 1 is 1.38 bits per heavy atom. The molecule has 1 heterocycles. The highest BCUT2D eigenvalue weighted by Gasteiger charge is 2.50. The molecule has 6 heteroatoms. The summed E-state index contributed by atoms with van der Waals surface area (Å²) in [5.74, 6) is -1.13. The second-order valence-corrected chi connectivity index (χ2v) is 5.44. The molecule has 1 aromatic rings. The van der Waals surface area contributed by atoms with Crippen molar-refractivity contribution < 1.29 is 23.8 Å². The molecule has 1 N–H and O–H groups in total. The zero-order chi connectivity index (χ0) is 17.6. The zero-order valence-electron chi connectivity index (χ0n) is 13.4. The number of aliphatic hydroxyl groups is 1. The van der Waals surface area contributed by atoms with Crippen molar-refractivity contribution in [2.75, 3.05) is 6.61 Å². The van der Waals surface area contributed by atoms with Crippen LogP contribution in [0, 0.1) is 5.82 Å². The molecule has 2 rings (SSSR count). The molecule has 1 aliphatic rings. The predicted octanol–water partition coefficient (Wildman–Crippen LogP) is 1.96. The summed E-state index contributed by atoms with van der Waals surface area (Å²) >= 11 is 0. The summed E-state index contributed by atoms with van der Waals surface area (Å²) in [4.78, 5) is 25.5. The lowest BCUT2D eigenvalue weighted by molar-refractivity contribution is -0.163. The molecule has 2 atom stereocenters. The largest absolute Gasteiger partial charge is 0.464 e. The molecule has 0 radical (unpaired) electrons. The minimum atomic E-state index is -1.65. The van der Waals surface area contributed by atoms with Gasteiger partial charge in [0, 0.05) is 18.8 Å². The first-order valence-electron chi connectivity index (χ1n) is 7.71. The molecular weight excluding hydrogens is 313 g/mol. The Bertz CT molecular complexity index is 629. The first kappa shape index (κ1) is 17.9. The molecule has 0 saturated heterocycles. The fourth-order valence-electron chi connectivity index (χ4n) is 2.67. The number of aliphatic hydroxyl groups excluding tert-OH is 1. The summed E-state index contributed by atoms with van der Waals surface area (Å²) < 4.78 is 18.3. The molecule has 1 aromatic carbocycles. The number of carbonyl (C=O) groups excluding carboxylic acids is 2.